The van der Waals surface area contributed by atoms with Crippen molar-refractivity contribution in [1.82, 2.24) is 4.98 Å². The van der Waals surface area contributed by atoms with Crippen LogP contribution in [0.2, 0.25) is 0 Å². The van der Waals surface area contributed by atoms with Crippen molar-refractivity contribution in [2.75, 3.05) is 4.90 Å². The average molecular weight is 409 g/mol. The van der Waals surface area contributed by atoms with E-state index in [1.807, 2.05) is 18.2 Å². The Labute approximate surface area is 184 Å². The van der Waals surface area contributed by atoms with Gasteiger partial charge < -0.3 is 4.74 Å². The highest BCUT2D eigenvalue weighted by Crippen LogP contribution is 2.53. The summed E-state index contributed by atoms with van der Waals surface area (Å²) in [6.45, 7) is 13.3. The third-order valence-corrected chi connectivity index (χ3v) is 6.19. The third-order valence-electron chi connectivity index (χ3n) is 6.19. The van der Waals surface area contributed by atoms with Gasteiger partial charge in [0.2, 0.25) is 0 Å². The van der Waals surface area contributed by atoms with Crippen molar-refractivity contribution in [2.45, 2.75) is 47.0 Å². The van der Waals surface area contributed by atoms with Crippen molar-refractivity contribution in [3.8, 4) is 11.5 Å². The molecule has 1 aliphatic rings. The van der Waals surface area contributed by atoms with Gasteiger partial charge in [0.05, 0.1) is 16.9 Å². The predicted molar refractivity (Wildman–Crippen MR) is 129 cm³/mol. The van der Waals surface area contributed by atoms with E-state index in [9.17, 15) is 0 Å². The summed E-state index contributed by atoms with van der Waals surface area (Å²) in [5, 5.41) is 1.12. The molecule has 0 fully saturated rings. The van der Waals surface area contributed by atoms with Gasteiger partial charge in [-0.15, -0.1) is 0 Å². The van der Waals surface area contributed by atoms with Crippen LogP contribution in [0.4, 0.5) is 17.2 Å². The van der Waals surface area contributed by atoms with E-state index in [0.717, 1.165) is 39.5 Å². The first-order valence-corrected chi connectivity index (χ1v) is 10.8. The smallest absolute Gasteiger partial charge is 0.182 e. The van der Waals surface area contributed by atoms with Crippen molar-refractivity contribution in [3.63, 3.8) is 0 Å². The lowest BCUT2D eigenvalue weighted by Crippen LogP contribution is -2.21. The van der Waals surface area contributed by atoms with Gasteiger partial charge in [-0.25, -0.2) is 4.98 Å². The molecule has 0 N–H and O–H groups in total. The van der Waals surface area contributed by atoms with Gasteiger partial charge >= 0.3 is 0 Å². The van der Waals surface area contributed by atoms with E-state index in [0.29, 0.717) is 0 Å². The van der Waals surface area contributed by atoms with Gasteiger partial charge in [-0.05, 0) is 61.1 Å². The molecule has 0 amide bonds. The van der Waals surface area contributed by atoms with E-state index in [1.54, 1.807) is 0 Å². The minimum atomic E-state index is 0.0971. The number of aryl methyl sites for hydroxylation is 3. The van der Waals surface area contributed by atoms with Crippen LogP contribution in [0.5, 0.6) is 11.5 Å². The summed E-state index contributed by atoms with van der Waals surface area (Å²) in [5.41, 5.74) is 8.20. The van der Waals surface area contributed by atoms with Crippen molar-refractivity contribution in [1.29, 1.82) is 0 Å². The quantitative estimate of drug-likeness (QED) is 0.281. The zero-order valence-corrected chi connectivity index (χ0v) is 19.1. The molecule has 2 heterocycles. The Morgan fingerprint density at radius 3 is 2.19 bits per heavy atom. The normalized spacial score (nSPS) is 13.0. The second-order valence-electron chi connectivity index (χ2n) is 9.52. The van der Waals surface area contributed by atoms with E-state index >= 15 is 0 Å². The minimum Gasteiger partial charge on any atom is -0.451 e. The summed E-state index contributed by atoms with van der Waals surface area (Å²) in [6.07, 6.45) is 0. The summed E-state index contributed by atoms with van der Waals surface area (Å²) in [4.78, 5) is 7.37. The first kappa shape index (κ1) is 19.6. The van der Waals surface area contributed by atoms with Gasteiger partial charge in [0.1, 0.15) is 0 Å². The minimum absolute atomic E-state index is 0.0971. The van der Waals surface area contributed by atoms with Crippen molar-refractivity contribution < 1.29 is 4.74 Å². The predicted octanol–water partition coefficient (Wildman–Crippen LogP) is 8.03. The molecule has 4 aromatic rings. The fraction of sp³-hybridized carbons (Fsp3) is 0.250. The number of hydrogen-bond acceptors (Lipinski definition) is 3. The topological polar surface area (TPSA) is 25.4 Å². The van der Waals surface area contributed by atoms with E-state index < -0.39 is 0 Å². The maximum absolute atomic E-state index is 6.42. The molecule has 0 spiro atoms. The van der Waals surface area contributed by atoms with Crippen molar-refractivity contribution in [3.05, 3.63) is 82.9 Å². The fourth-order valence-corrected chi connectivity index (χ4v) is 4.54. The Morgan fingerprint density at radius 2 is 1.48 bits per heavy atom. The maximum Gasteiger partial charge on any atom is 0.182 e. The number of rotatable bonds is 1. The highest BCUT2D eigenvalue weighted by molar-refractivity contribution is 5.94. The molecule has 0 unspecified atom stereocenters. The summed E-state index contributed by atoms with van der Waals surface area (Å²) >= 11 is 0. The Kier molecular flexibility index (Phi) is 4.33. The van der Waals surface area contributed by atoms with Gasteiger partial charge in [-0.3, -0.25) is 4.90 Å². The highest BCUT2D eigenvalue weighted by Gasteiger charge is 2.31. The molecule has 156 valence electrons. The Balaban J connectivity index is 1.83. The number of para-hydroxylation sites is 3. The lowest BCUT2D eigenvalue weighted by Gasteiger charge is -2.35. The molecule has 1 aliphatic heterocycles. The van der Waals surface area contributed by atoms with Crippen LogP contribution in [0.3, 0.4) is 0 Å². The van der Waals surface area contributed by atoms with Crippen LogP contribution in [-0.4, -0.2) is 4.98 Å². The van der Waals surface area contributed by atoms with Gasteiger partial charge in [-0.1, -0.05) is 63.2 Å². The molecule has 0 aliphatic carbocycles. The van der Waals surface area contributed by atoms with Crippen molar-refractivity contribution >= 4 is 28.1 Å². The number of benzene rings is 3. The molecule has 1 aromatic heterocycles. The number of aromatic nitrogens is 1. The van der Waals surface area contributed by atoms with Gasteiger partial charge in [0.25, 0.3) is 0 Å². The molecular formula is C28H28N2O. The van der Waals surface area contributed by atoms with Gasteiger partial charge in [0, 0.05) is 10.9 Å². The lowest BCUT2D eigenvalue weighted by atomic mass is 9.84. The van der Waals surface area contributed by atoms with Crippen LogP contribution in [0.15, 0.2) is 60.7 Å². The molecule has 3 aromatic carbocycles. The third kappa shape index (κ3) is 3.07. The van der Waals surface area contributed by atoms with Crippen LogP contribution in [0.25, 0.3) is 10.9 Å². The van der Waals surface area contributed by atoms with Crippen LogP contribution in [0, 0.1) is 20.8 Å². The van der Waals surface area contributed by atoms with Crippen LogP contribution in [-0.2, 0) is 5.41 Å². The summed E-state index contributed by atoms with van der Waals surface area (Å²) in [5.74, 6) is 2.54. The number of anilines is 3. The second kappa shape index (κ2) is 6.84. The summed E-state index contributed by atoms with van der Waals surface area (Å²) < 4.78 is 6.42. The SMILES string of the molecule is Cc1cc(C(C)(C)C)cc(C)c1N1c2ccccc2Oc2c1nc1ccccc1c2C. The molecule has 3 nitrogen and oxygen atoms in total. The summed E-state index contributed by atoms with van der Waals surface area (Å²) in [7, 11) is 0. The number of pyridine rings is 1. The zero-order chi connectivity index (χ0) is 21.9. The van der Waals surface area contributed by atoms with Crippen LogP contribution >= 0.6 is 0 Å². The van der Waals surface area contributed by atoms with E-state index in [2.05, 4.69) is 88.9 Å². The number of ether oxygens (including phenoxy) is 1. The second-order valence-corrected chi connectivity index (χ2v) is 9.52. The van der Waals surface area contributed by atoms with Crippen molar-refractivity contribution in [2.24, 2.45) is 0 Å². The fourth-order valence-electron chi connectivity index (χ4n) is 4.54. The molecule has 0 bridgehead atoms. The number of hydrogen-bond donors (Lipinski definition) is 0. The van der Waals surface area contributed by atoms with E-state index in [4.69, 9.17) is 9.72 Å². The Hall–Kier alpha value is -3.33. The number of fused-ring (bicyclic) bond motifs is 3. The molecule has 31 heavy (non-hydrogen) atoms. The monoisotopic (exact) mass is 408 g/mol. The van der Waals surface area contributed by atoms with Gasteiger partial charge in [-0.2, -0.15) is 0 Å². The molecule has 0 saturated carbocycles. The highest BCUT2D eigenvalue weighted by atomic mass is 16.5. The van der Waals surface area contributed by atoms with Crippen LogP contribution < -0.4 is 9.64 Å². The molecule has 5 rings (SSSR count). The summed E-state index contributed by atoms with van der Waals surface area (Å²) in [6, 6.07) is 21.1. The Bertz CT molecular complexity index is 1310. The zero-order valence-electron chi connectivity index (χ0n) is 19.1. The Morgan fingerprint density at radius 1 is 0.839 bits per heavy atom. The number of nitrogens with zero attached hydrogens (tertiary/aromatic N) is 2. The first-order chi connectivity index (χ1) is 14.8. The maximum atomic E-state index is 6.42. The van der Waals surface area contributed by atoms with Gasteiger partial charge in [0.15, 0.2) is 17.3 Å². The van der Waals surface area contributed by atoms with Crippen LogP contribution in [0.1, 0.15) is 43.0 Å². The molecular weight excluding hydrogens is 380 g/mol. The van der Waals surface area contributed by atoms with E-state index in [1.165, 1.54) is 22.4 Å². The molecule has 0 saturated heterocycles. The lowest BCUT2D eigenvalue weighted by molar-refractivity contribution is 0.471. The molecule has 0 radical (unpaired) electrons. The first-order valence-electron chi connectivity index (χ1n) is 10.8. The average Bonchev–Trinajstić information content (AvgIpc) is 2.73. The standard InChI is InChI=1S/C28H28N2O/c1-17-15-20(28(4,5)6)16-18(2)25(17)30-23-13-9-10-14-24(23)31-26-19(3)21-11-7-8-12-22(21)29-27(26)30/h7-16H,1-6H3. The molecule has 3 heteroatoms. The van der Waals surface area contributed by atoms with E-state index in [-0.39, 0.29) is 5.41 Å². The largest absolute Gasteiger partial charge is 0.451 e. The molecule has 0 atom stereocenters.